The number of carbonyl (C=O) groups is 1. The van der Waals surface area contributed by atoms with Crippen LogP contribution in [0.4, 0.5) is 4.79 Å². The Morgan fingerprint density at radius 1 is 0.267 bits per heavy atom. The van der Waals surface area contributed by atoms with Crippen LogP contribution in [0, 0.1) is 0 Å². The molecule has 0 amide bonds. The van der Waals surface area contributed by atoms with Gasteiger partial charge in [0.15, 0.2) is 34.5 Å². The zero-order valence-electron chi connectivity index (χ0n) is 52.3. The fourth-order valence-corrected chi connectivity index (χ4v) is 18.1. The minimum Gasteiger partial charge on any atom is -0.565 e. The lowest BCUT2D eigenvalue weighted by molar-refractivity contribution is -0.275. The third-order valence-electron chi connectivity index (χ3n) is 20.2. The fraction of sp³-hybridized carbons (Fsp3) is 0.740. The zero-order chi connectivity index (χ0) is 58.7. The van der Waals surface area contributed by atoms with E-state index in [9.17, 15) is 0 Å². The summed E-state index contributed by atoms with van der Waals surface area (Å²) in [6.07, 6.45) is 50.0. The molecule has 0 spiro atoms. The first kappa shape index (κ1) is 63.1. The van der Waals surface area contributed by atoms with Gasteiger partial charge in [-0.05, 0) is 231 Å². The maximum Gasteiger partial charge on any atom is 0.250 e. The molecule has 1 N–H and O–H groups in total. The molecule has 13 heteroatoms. The first-order chi connectivity index (χ1) is 42.3. The Morgan fingerprint density at radius 2 is 0.395 bits per heavy atom. The molecule has 86 heavy (non-hydrogen) atoms. The lowest BCUT2D eigenvalue weighted by Gasteiger charge is -2.32. The number of hydrogen-bond donors (Lipinski definition) is 1. The minimum absolute atomic E-state index is 0.0646. The van der Waals surface area contributed by atoms with E-state index >= 15 is 0 Å². The molecule has 0 aromatic heterocycles. The summed E-state index contributed by atoms with van der Waals surface area (Å²) in [6.45, 7) is 0. The van der Waals surface area contributed by atoms with Gasteiger partial charge in [0.25, 0.3) is 14.7 Å². The van der Waals surface area contributed by atoms with Gasteiger partial charge in [0, 0.05) is 36.4 Å². The first-order valence-corrected chi connectivity index (χ1v) is 36.7. The fourth-order valence-electron chi connectivity index (χ4n) is 15.6. The Labute approximate surface area is 518 Å². The number of carboxylic acid groups (broad SMARTS) is 2. The molecule has 9 fully saturated rings. The molecule has 9 saturated carbocycles. The standard InChI is InChI=1S/C72H105O9S.CH2O3/c1-10-28-52(29-11-1)73-61-46-64(76-55-34-16-4-17-35-55)70(65(47-61)77-56-36-18-5-19-37-56)82(71-66(78-57-38-20-6-21-39-57)48-62(74-53-30-12-2-13-31-53)49-67(71)79-58-40-22-7-23-41-58)72-68(80-59-42-24-8-25-43-59)50-63(75-54-32-14-3-15-33-54)51-69(72)81-60-44-26-9-27-45-60;2-1(3)4/h46-60H,1-45H2;(H2,2,3,4)/q+1;/p-1. The Hall–Kier alpha value is -4.52. The van der Waals surface area contributed by atoms with Crippen molar-refractivity contribution in [3.05, 3.63) is 36.4 Å². The SMILES string of the molecule is O=C([O-])O.c1c(OC2CCCCC2)cc(OC2CCCCC2)c([S+](c2c(OC3CCCCC3)cc(OC3CCCCC3)cc2OC2CCCCC2)c2c(OC3CCCCC3)cc(OC3CCCCC3)cc2OC2CCCCC2)c1OC1CCCCC1. The molecule has 0 aliphatic heterocycles. The molecule has 0 saturated heterocycles. The topological polar surface area (TPSA) is 143 Å². The second kappa shape index (κ2) is 32.8. The van der Waals surface area contributed by atoms with E-state index in [0.29, 0.717) is 0 Å². The largest absolute Gasteiger partial charge is 0.565 e. The molecule has 0 atom stereocenters. The highest BCUT2D eigenvalue weighted by atomic mass is 32.2. The van der Waals surface area contributed by atoms with Crippen LogP contribution in [0.25, 0.3) is 0 Å². The van der Waals surface area contributed by atoms with Gasteiger partial charge < -0.3 is 57.6 Å². The predicted octanol–water partition coefficient (Wildman–Crippen LogP) is 19.1. The molecule has 0 unspecified atom stereocenters. The maximum atomic E-state index is 8.44. The van der Waals surface area contributed by atoms with Crippen molar-refractivity contribution >= 4 is 17.1 Å². The van der Waals surface area contributed by atoms with Crippen molar-refractivity contribution in [3.63, 3.8) is 0 Å². The lowest BCUT2D eigenvalue weighted by Crippen LogP contribution is -2.27. The van der Waals surface area contributed by atoms with E-state index in [1.165, 1.54) is 96.3 Å². The molecule has 12 rings (SSSR count). The van der Waals surface area contributed by atoms with Gasteiger partial charge in [-0.15, -0.1) is 0 Å². The average Bonchev–Trinajstić information content (AvgIpc) is 1.17. The van der Waals surface area contributed by atoms with Gasteiger partial charge >= 0.3 is 0 Å². The summed E-state index contributed by atoms with van der Waals surface area (Å²) in [6, 6.07) is 13.8. The Balaban J connectivity index is 0.00000186. The number of benzene rings is 3. The summed E-state index contributed by atoms with van der Waals surface area (Å²) < 4.78 is 68.6. The van der Waals surface area contributed by atoms with E-state index in [1.807, 2.05) is 0 Å². The maximum absolute atomic E-state index is 8.44. The van der Waals surface area contributed by atoms with Crippen molar-refractivity contribution in [2.24, 2.45) is 0 Å². The average molecular weight is 1210 g/mol. The number of ether oxygens (including phenoxy) is 9. The van der Waals surface area contributed by atoms with Crippen LogP contribution in [0.15, 0.2) is 51.1 Å². The molecule has 3 aromatic carbocycles. The third kappa shape index (κ3) is 18.3. The second-order valence-electron chi connectivity index (χ2n) is 27.2. The Kier molecular flexibility index (Phi) is 24.1. The molecule has 3 aromatic rings. The summed E-state index contributed by atoms with van der Waals surface area (Å²) in [7, 11) is -1.07. The lowest BCUT2D eigenvalue weighted by atomic mass is 9.97. The molecule has 12 nitrogen and oxygen atoms in total. The quantitative estimate of drug-likeness (QED) is 0.101. The van der Waals surface area contributed by atoms with Gasteiger partial charge in [-0.1, -0.05) is 57.8 Å². The summed E-state index contributed by atoms with van der Waals surface area (Å²) in [4.78, 5) is 11.6. The monoisotopic (exact) mass is 1210 g/mol. The number of hydrogen-bond acceptors (Lipinski definition) is 11. The van der Waals surface area contributed by atoms with E-state index in [0.717, 1.165) is 259 Å². The smallest absolute Gasteiger partial charge is 0.250 e. The Bertz CT molecular complexity index is 2120. The molecular weight excluding hydrogens is 1100 g/mol. The summed E-state index contributed by atoms with van der Waals surface area (Å²) in [5.41, 5.74) is 0. The van der Waals surface area contributed by atoms with Gasteiger partial charge in [0.2, 0.25) is 6.16 Å². The first-order valence-electron chi connectivity index (χ1n) is 35.5. The van der Waals surface area contributed by atoms with Gasteiger partial charge in [0.05, 0.1) is 54.9 Å². The summed E-state index contributed by atoms with van der Waals surface area (Å²) >= 11 is 0. The molecule has 9 aliphatic rings. The van der Waals surface area contributed by atoms with Crippen LogP contribution in [0.3, 0.4) is 0 Å². The van der Waals surface area contributed by atoms with Gasteiger partial charge in [-0.3, -0.25) is 0 Å². The summed E-state index contributed by atoms with van der Waals surface area (Å²) in [5, 5.41) is 15.3. The van der Waals surface area contributed by atoms with Crippen LogP contribution in [-0.4, -0.2) is 66.2 Å². The highest BCUT2D eigenvalue weighted by molar-refractivity contribution is 7.97. The van der Waals surface area contributed by atoms with Crippen molar-refractivity contribution in [2.45, 2.75) is 359 Å². The molecule has 0 heterocycles. The van der Waals surface area contributed by atoms with Crippen molar-refractivity contribution in [2.75, 3.05) is 0 Å². The zero-order valence-corrected chi connectivity index (χ0v) is 53.1. The minimum atomic E-state index is -2.08. The van der Waals surface area contributed by atoms with Crippen LogP contribution in [0.2, 0.25) is 0 Å². The molecule has 0 radical (unpaired) electrons. The van der Waals surface area contributed by atoms with Crippen molar-refractivity contribution in [3.8, 4) is 51.7 Å². The van der Waals surface area contributed by atoms with Crippen molar-refractivity contribution < 1.29 is 57.6 Å². The normalized spacial score (nSPS) is 22.7. The van der Waals surface area contributed by atoms with Crippen LogP contribution in [-0.2, 0) is 10.9 Å². The third-order valence-corrected chi connectivity index (χ3v) is 22.7. The van der Waals surface area contributed by atoms with E-state index in [-0.39, 0.29) is 54.9 Å². The van der Waals surface area contributed by atoms with E-state index in [2.05, 4.69) is 36.4 Å². The molecule has 0 bridgehead atoms. The van der Waals surface area contributed by atoms with Gasteiger partial charge in [-0.2, -0.15) is 0 Å². The molecular formula is C73H106O12S. The Morgan fingerprint density at radius 3 is 0.535 bits per heavy atom. The van der Waals surface area contributed by atoms with E-state index < -0.39 is 17.1 Å². The van der Waals surface area contributed by atoms with Crippen molar-refractivity contribution in [1.29, 1.82) is 0 Å². The molecule has 9 aliphatic carbocycles. The summed E-state index contributed by atoms with van der Waals surface area (Å²) in [5.74, 6) is 7.74. The highest BCUT2D eigenvalue weighted by Crippen LogP contribution is 2.58. The van der Waals surface area contributed by atoms with Gasteiger partial charge in [0.1, 0.15) is 28.1 Å². The van der Waals surface area contributed by atoms with E-state index in [4.69, 9.17) is 57.6 Å². The van der Waals surface area contributed by atoms with E-state index in [1.54, 1.807) is 0 Å². The number of rotatable bonds is 21. The predicted molar refractivity (Wildman–Crippen MR) is 337 cm³/mol. The van der Waals surface area contributed by atoms with Crippen LogP contribution < -0.4 is 47.7 Å². The molecule has 476 valence electrons. The van der Waals surface area contributed by atoms with Crippen LogP contribution in [0.1, 0.15) is 289 Å². The van der Waals surface area contributed by atoms with Crippen molar-refractivity contribution in [1.82, 2.24) is 0 Å². The second-order valence-corrected chi connectivity index (χ2v) is 29.1. The highest BCUT2D eigenvalue weighted by Gasteiger charge is 2.49. The van der Waals surface area contributed by atoms with Crippen LogP contribution in [0.5, 0.6) is 51.7 Å². The van der Waals surface area contributed by atoms with Crippen LogP contribution >= 0.6 is 0 Å². The van der Waals surface area contributed by atoms with Gasteiger partial charge in [-0.25, -0.2) is 0 Å².